The number of aryl methyl sites for hydroxylation is 2. The van der Waals surface area contributed by atoms with Crippen molar-refractivity contribution in [1.29, 1.82) is 0 Å². The molecule has 144 valence electrons. The van der Waals surface area contributed by atoms with E-state index in [0.29, 0.717) is 29.3 Å². The fourth-order valence-corrected chi connectivity index (χ4v) is 2.86. The summed E-state index contributed by atoms with van der Waals surface area (Å²) >= 11 is 0. The van der Waals surface area contributed by atoms with E-state index in [1.807, 2.05) is 50.2 Å². The third kappa shape index (κ3) is 3.61. The normalized spacial score (nSPS) is 10.5. The first-order chi connectivity index (χ1) is 13.2. The Labute approximate surface area is 168 Å². The van der Waals surface area contributed by atoms with Crippen molar-refractivity contribution >= 4 is 34.8 Å². The first-order valence-corrected chi connectivity index (χ1v) is 8.69. The minimum Gasteiger partial charge on any atom is -0.495 e. The molecule has 3 aromatic heterocycles. The molecular formula is C20H20ClN5O2. The van der Waals surface area contributed by atoms with E-state index in [1.54, 1.807) is 13.3 Å². The van der Waals surface area contributed by atoms with Crippen molar-refractivity contribution in [2.45, 2.75) is 20.3 Å². The lowest BCUT2D eigenvalue weighted by Crippen LogP contribution is -2.00. The zero-order valence-electron chi connectivity index (χ0n) is 15.8. The van der Waals surface area contributed by atoms with E-state index >= 15 is 0 Å². The number of pyridine rings is 2. The largest absolute Gasteiger partial charge is 0.495 e. The highest BCUT2D eigenvalue weighted by atomic mass is 35.5. The van der Waals surface area contributed by atoms with Crippen LogP contribution in [0.3, 0.4) is 0 Å². The van der Waals surface area contributed by atoms with Gasteiger partial charge < -0.3 is 14.6 Å². The summed E-state index contributed by atoms with van der Waals surface area (Å²) in [6, 6.07) is 11.6. The highest BCUT2D eigenvalue weighted by Crippen LogP contribution is 2.37. The van der Waals surface area contributed by atoms with Crippen molar-refractivity contribution in [3.05, 3.63) is 54.1 Å². The lowest BCUT2D eigenvalue weighted by molar-refractivity contribution is 0.417. The maximum absolute atomic E-state index is 5.47. The van der Waals surface area contributed by atoms with Gasteiger partial charge in [-0.1, -0.05) is 24.2 Å². The van der Waals surface area contributed by atoms with E-state index in [1.165, 1.54) is 0 Å². The van der Waals surface area contributed by atoms with Crippen molar-refractivity contribution in [2.24, 2.45) is 0 Å². The number of nitrogens with zero attached hydrogens (tertiary/aromatic N) is 4. The third-order valence-corrected chi connectivity index (χ3v) is 4.25. The number of hydrogen-bond donors (Lipinski definition) is 1. The van der Waals surface area contributed by atoms with Crippen molar-refractivity contribution < 1.29 is 9.26 Å². The zero-order valence-corrected chi connectivity index (χ0v) is 16.6. The highest BCUT2D eigenvalue weighted by Gasteiger charge is 2.18. The Kier molecular flexibility index (Phi) is 5.75. The molecule has 0 aliphatic heterocycles. The summed E-state index contributed by atoms with van der Waals surface area (Å²) in [5, 5.41) is 8.31. The van der Waals surface area contributed by atoms with E-state index < -0.39 is 0 Å². The van der Waals surface area contributed by atoms with Gasteiger partial charge >= 0.3 is 0 Å². The van der Waals surface area contributed by atoms with Crippen LogP contribution in [0.25, 0.3) is 22.5 Å². The van der Waals surface area contributed by atoms with Gasteiger partial charge in [-0.25, -0.2) is 9.97 Å². The minimum atomic E-state index is 0. The van der Waals surface area contributed by atoms with Crippen LogP contribution in [0, 0.1) is 6.92 Å². The number of hydrogen-bond acceptors (Lipinski definition) is 7. The number of para-hydroxylation sites is 2. The molecule has 0 bridgehead atoms. The Balaban J connectivity index is 0.00000225. The number of halogens is 1. The summed E-state index contributed by atoms with van der Waals surface area (Å²) in [5.41, 5.74) is 3.88. The molecule has 0 aliphatic rings. The molecule has 0 saturated carbocycles. The fourth-order valence-electron chi connectivity index (χ4n) is 2.86. The van der Waals surface area contributed by atoms with Gasteiger partial charge in [-0.3, -0.25) is 0 Å². The molecule has 8 heteroatoms. The second-order valence-electron chi connectivity index (χ2n) is 6.07. The molecule has 3 heterocycles. The molecule has 4 aromatic rings. The van der Waals surface area contributed by atoms with Crippen LogP contribution in [0.2, 0.25) is 0 Å². The summed E-state index contributed by atoms with van der Waals surface area (Å²) in [6.45, 7) is 3.92. The molecule has 7 nitrogen and oxygen atoms in total. The predicted molar refractivity (Wildman–Crippen MR) is 110 cm³/mol. The molecule has 0 spiro atoms. The Bertz CT molecular complexity index is 1110. The molecule has 1 aromatic carbocycles. The minimum absolute atomic E-state index is 0. The average molecular weight is 398 g/mol. The van der Waals surface area contributed by atoms with E-state index in [4.69, 9.17) is 9.26 Å². The van der Waals surface area contributed by atoms with Crippen LogP contribution in [-0.4, -0.2) is 27.2 Å². The van der Waals surface area contributed by atoms with Gasteiger partial charge in [0.25, 0.3) is 5.89 Å². The number of methoxy groups -OCH3 is 1. The topological polar surface area (TPSA) is 86.0 Å². The average Bonchev–Trinajstić information content (AvgIpc) is 3.17. The number of aromatic nitrogens is 4. The summed E-state index contributed by atoms with van der Waals surface area (Å²) < 4.78 is 10.9. The lowest BCUT2D eigenvalue weighted by Gasteiger charge is -2.15. The Morgan fingerprint density at radius 1 is 1.11 bits per heavy atom. The first kappa shape index (κ1) is 19.6. The maximum Gasteiger partial charge on any atom is 0.261 e. The molecule has 0 radical (unpaired) electrons. The van der Waals surface area contributed by atoms with Gasteiger partial charge in [0.1, 0.15) is 5.75 Å². The van der Waals surface area contributed by atoms with E-state index in [0.717, 1.165) is 28.2 Å². The second-order valence-corrected chi connectivity index (χ2v) is 6.07. The molecule has 4 rings (SSSR count). The summed E-state index contributed by atoms with van der Waals surface area (Å²) in [7, 11) is 1.64. The summed E-state index contributed by atoms with van der Waals surface area (Å²) in [6.07, 6.45) is 2.40. The maximum atomic E-state index is 5.47. The molecule has 0 saturated heterocycles. The van der Waals surface area contributed by atoms with Crippen molar-refractivity contribution in [1.82, 2.24) is 20.1 Å². The highest BCUT2D eigenvalue weighted by molar-refractivity contribution is 5.98. The number of anilines is 2. The number of rotatable bonds is 5. The van der Waals surface area contributed by atoms with Crippen LogP contribution in [0.5, 0.6) is 5.75 Å². The smallest absolute Gasteiger partial charge is 0.261 e. The molecular weight excluding hydrogens is 378 g/mol. The Morgan fingerprint density at radius 2 is 1.93 bits per heavy atom. The standard InChI is InChI=1S/C20H19N5O2.ClH/c1-4-17-24-20(27-25-17)14-11-21-19-13(10-9-12(2)22-19)18(14)23-15-7-5-6-8-16(15)26-3;/h5-11H,4H2,1-3H3,(H,21,22,23);1H. The molecule has 0 aliphatic carbocycles. The van der Waals surface area contributed by atoms with Crippen LogP contribution in [0.1, 0.15) is 18.4 Å². The monoisotopic (exact) mass is 397 g/mol. The second kappa shape index (κ2) is 8.22. The number of nitrogens with one attached hydrogen (secondary N) is 1. The van der Waals surface area contributed by atoms with Crippen LogP contribution in [0.4, 0.5) is 11.4 Å². The zero-order chi connectivity index (χ0) is 18.8. The van der Waals surface area contributed by atoms with Crippen LogP contribution in [-0.2, 0) is 6.42 Å². The van der Waals surface area contributed by atoms with E-state index in [2.05, 4.69) is 25.4 Å². The van der Waals surface area contributed by atoms with Crippen molar-refractivity contribution in [3.63, 3.8) is 0 Å². The Hall–Kier alpha value is -3.19. The fraction of sp³-hybridized carbons (Fsp3) is 0.200. The number of ether oxygens (including phenoxy) is 1. The molecule has 0 unspecified atom stereocenters. The van der Waals surface area contributed by atoms with Gasteiger partial charge in [0.15, 0.2) is 11.5 Å². The van der Waals surface area contributed by atoms with Crippen molar-refractivity contribution in [3.8, 4) is 17.2 Å². The van der Waals surface area contributed by atoms with E-state index in [9.17, 15) is 0 Å². The van der Waals surface area contributed by atoms with Gasteiger partial charge in [-0.2, -0.15) is 4.98 Å². The molecule has 0 fully saturated rings. The van der Waals surface area contributed by atoms with Gasteiger partial charge in [0, 0.05) is 23.7 Å². The van der Waals surface area contributed by atoms with Gasteiger partial charge in [0.05, 0.1) is 24.0 Å². The van der Waals surface area contributed by atoms with Gasteiger partial charge in [-0.15, -0.1) is 12.4 Å². The first-order valence-electron chi connectivity index (χ1n) is 8.69. The molecule has 1 N–H and O–H groups in total. The van der Waals surface area contributed by atoms with Gasteiger partial charge in [0.2, 0.25) is 0 Å². The van der Waals surface area contributed by atoms with Crippen LogP contribution >= 0.6 is 12.4 Å². The van der Waals surface area contributed by atoms with Crippen LogP contribution < -0.4 is 10.1 Å². The van der Waals surface area contributed by atoms with Crippen LogP contribution in [0.15, 0.2) is 47.1 Å². The summed E-state index contributed by atoms with van der Waals surface area (Å²) in [4.78, 5) is 13.5. The number of fused-ring (bicyclic) bond motifs is 1. The molecule has 0 atom stereocenters. The molecule has 0 amide bonds. The van der Waals surface area contributed by atoms with Crippen molar-refractivity contribution in [2.75, 3.05) is 12.4 Å². The summed E-state index contributed by atoms with van der Waals surface area (Å²) in [5.74, 6) is 1.79. The predicted octanol–water partition coefficient (Wildman–Crippen LogP) is 4.72. The third-order valence-electron chi connectivity index (χ3n) is 4.25. The van der Waals surface area contributed by atoms with Gasteiger partial charge in [-0.05, 0) is 31.2 Å². The lowest BCUT2D eigenvalue weighted by atomic mass is 10.1. The van der Waals surface area contributed by atoms with E-state index in [-0.39, 0.29) is 12.4 Å². The number of benzene rings is 1. The SMILES string of the molecule is CCc1noc(-c2cnc3nc(C)ccc3c2Nc2ccccc2OC)n1.Cl. The quantitative estimate of drug-likeness (QED) is 0.521. The Morgan fingerprint density at radius 3 is 2.68 bits per heavy atom. The molecule has 28 heavy (non-hydrogen) atoms.